The molecule has 6 rings (SSSR count). The van der Waals surface area contributed by atoms with E-state index in [2.05, 4.69) is 20.4 Å². The SMILES string of the molecule is CCC(=O)Oc1c(N2CCN(C[C@@H]3CCOC3)CC2=O)cccc1N1CCN(c2cc(Cl)ccc2-n2cnnn2)C(=O)C1=O. The highest BCUT2D eigenvalue weighted by Crippen LogP contribution is 2.41. The van der Waals surface area contributed by atoms with E-state index in [0.29, 0.717) is 47.7 Å². The van der Waals surface area contributed by atoms with Gasteiger partial charge >= 0.3 is 17.8 Å². The predicted molar refractivity (Wildman–Crippen MR) is 159 cm³/mol. The number of hydrogen-bond acceptors (Lipinski definition) is 10. The van der Waals surface area contributed by atoms with Crippen molar-refractivity contribution in [3.63, 3.8) is 0 Å². The molecule has 0 radical (unpaired) electrons. The number of tetrazole rings is 1. The smallest absolute Gasteiger partial charge is 0.317 e. The fraction of sp³-hybridized carbons (Fsp3) is 0.414. The molecule has 0 unspecified atom stereocenters. The Kier molecular flexibility index (Phi) is 8.55. The molecule has 3 fully saturated rings. The van der Waals surface area contributed by atoms with E-state index in [0.717, 1.165) is 19.6 Å². The summed E-state index contributed by atoms with van der Waals surface area (Å²) in [7, 11) is 0. The highest BCUT2D eigenvalue weighted by molar-refractivity contribution is 6.46. The highest BCUT2D eigenvalue weighted by Gasteiger charge is 2.38. The molecule has 0 N–H and O–H groups in total. The molecule has 3 saturated heterocycles. The van der Waals surface area contributed by atoms with Gasteiger partial charge < -0.3 is 19.3 Å². The first-order valence-electron chi connectivity index (χ1n) is 14.4. The average molecular weight is 623 g/mol. The number of piperazine rings is 2. The van der Waals surface area contributed by atoms with E-state index in [1.807, 2.05) is 0 Å². The summed E-state index contributed by atoms with van der Waals surface area (Å²) in [4.78, 5) is 59.5. The van der Waals surface area contributed by atoms with Gasteiger partial charge in [-0.2, -0.15) is 4.68 Å². The van der Waals surface area contributed by atoms with E-state index in [9.17, 15) is 19.2 Å². The van der Waals surface area contributed by atoms with Crippen LogP contribution in [0, 0.1) is 5.92 Å². The molecule has 4 heterocycles. The maximum Gasteiger partial charge on any atom is 0.317 e. The summed E-state index contributed by atoms with van der Waals surface area (Å²) in [6.07, 6.45) is 2.43. The number of carbonyl (C=O) groups excluding carboxylic acids is 4. The Bertz CT molecular complexity index is 1580. The molecule has 2 aromatic carbocycles. The van der Waals surface area contributed by atoms with Crippen molar-refractivity contribution in [3.05, 3.63) is 47.7 Å². The Balaban J connectivity index is 1.28. The van der Waals surface area contributed by atoms with Gasteiger partial charge in [-0.05, 0) is 53.1 Å². The second-order valence-corrected chi connectivity index (χ2v) is 11.2. The fourth-order valence-electron chi connectivity index (χ4n) is 5.73. The first-order chi connectivity index (χ1) is 21.3. The maximum atomic E-state index is 13.7. The van der Waals surface area contributed by atoms with Gasteiger partial charge in [0.05, 0.1) is 35.9 Å². The molecule has 14 nitrogen and oxygen atoms in total. The van der Waals surface area contributed by atoms with E-state index in [-0.39, 0.29) is 43.4 Å². The number of esters is 1. The number of aromatic nitrogens is 4. The van der Waals surface area contributed by atoms with E-state index < -0.39 is 17.8 Å². The molecule has 230 valence electrons. The van der Waals surface area contributed by atoms with Crippen LogP contribution in [0.3, 0.4) is 0 Å². The molecule has 3 aliphatic heterocycles. The van der Waals surface area contributed by atoms with E-state index in [4.69, 9.17) is 21.1 Å². The first kappa shape index (κ1) is 29.7. The monoisotopic (exact) mass is 622 g/mol. The Hall–Kier alpha value is -4.40. The third-order valence-electron chi connectivity index (χ3n) is 7.94. The van der Waals surface area contributed by atoms with E-state index >= 15 is 0 Å². The predicted octanol–water partition coefficient (Wildman–Crippen LogP) is 1.70. The molecular weight excluding hydrogens is 592 g/mol. The van der Waals surface area contributed by atoms with Crippen molar-refractivity contribution >= 4 is 52.4 Å². The lowest BCUT2D eigenvalue weighted by atomic mass is 10.1. The van der Waals surface area contributed by atoms with Crippen LogP contribution in [0.1, 0.15) is 19.8 Å². The summed E-state index contributed by atoms with van der Waals surface area (Å²) in [6.45, 7) is 5.28. The van der Waals surface area contributed by atoms with Crippen LogP contribution in [-0.2, 0) is 23.9 Å². The summed E-state index contributed by atoms with van der Waals surface area (Å²) < 4.78 is 12.6. The van der Waals surface area contributed by atoms with Gasteiger partial charge in [0.1, 0.15) is 6.33 Å². The van der Waals surface area contributed by atoms with Gasteiger partial charge in [0.15, 0.2) is 5.75 Å². The normalized spacial score (nSPS) is 19.6. The van der Waals surface area contributed by atoms with Crippen molar-refractivity contribution in [2.45, 2.75) is 19.8 Å². The highest BCUT2D eigenvalue weighted by atomic mass is 35.5. The van der Waals surface area contributed by atoms with Crippen molar-refractivity contribution in [3.8, 4) is 11.4 Å². The minimum atomic E-state index is -0.834. The lowest BCUT2D eigenvalue weighted by molar-refractivity contribution is -0.137. The van der Waals surface area contributed by atoms with Crippen LogP contribution in [0.25, 0.3) is 5.69 Å². The molecule has 0 bridgehead atoms. The van der Waals surface area contributed by atoms with E-state index in [1.54, 1.807) is 48.2 Å². The van der Waals surface area contributed by atoms with Gasteiger partial charge in [-0.15, -0.1) is 5.10 Å². The summed E-state index contributed by atoms with van der Waals surface area (Å²) in [5.74, 6) is -1.86. The Morgan fingerprint density at radius 3 is 2.36 bits per heavy atom. The van der Waals surface area contributed by atoms with Gasteiger partial charge in [0.25, 0.3) is 0 Å². The molecule has 0 aliphatic carbocycles. The Morgan fingerprint density at radius 1 is 0.977 bits per heavy atom. The van der Waals surface area contributed by atoms with Crippen LogP contribution in [0.15, 0.2) is 42.7 Å². The topological polar surface area (TPSA) is 143 Å². The van der Waals surface area contributed by atoms with Crippen molar-refractivity contribution in [1.82, 2.24) is 25.1 Å². The number of halogens is 1. The molecule has 0 saturated carbocycles. The second kappa shape index (κ2) is 12.7. The summed E-state index contributed by atoms with van der Waals surface area (Å²) in [5.41, 5.74) is 1.43. The molecule has 3 aromatic rings. The summed E-state index contributed by atoms with van der Waals surface area (Å²) >= 11 is 6.26. The molecule has 44 heavy (non-hydrogen) atoms. The summed E-state index contributed by atoms with van der Waals surface area (Å²) in [6, 6.07) is 9.83. The number of benzene rings is 2. The average Bonchev–Trinajstić information content (AvgIpc) is 3.74. The van der Waals surface area contributed by atoms with Crippen LogP contribution in [-0.4, -0.2) is 101 Å². The zero-order valence-electron chi connectivity index (χ0n) is 24.1. The van der Waals surface area contributed by atoms with E-state index in [1.165, 1.54) is 20.8 Å². The maximum absolute atomic E-state index is 13.7. The third-order valence-corrected chi connectivity index (χ3v) is 8.18. The van der Waals surface area contributed by atoms with Crippen molar-refractivity contribution in [2.75, 3.05) is 67.2 Å². The number of carbonyl (C=O) groups is 4. The zero-order chi connectivity index (χ0) is 30.8. The number of ether oxygens (including phenoxy) is 2. The van der Waals surface area contributed by atoms with Crippen molar-refractivity contribution < 1.29 is 28.7 Å². The van der Waals surface area contributed by atoms with Crippen LogP contribution in [0.5, 0.6) is 5.75 Å². The minimum Gasteiger partial charge on any atom is -0.422 e. The lowest BCUT2D eigenvalue weighted by Gasteiger charge is -2.38. The summed E-state index contributed by atoms with van der Waals surface area (Å²) in [5, 5.41) is 11.6. The number of amides is 3. The zero-order valence-corrected chi connectivity index (χ0v) is 24.9. The van der Waals surface area contributed by atoms with Crippen LogP contribution >= 0.6 is 11.6 Å². The van der Waals surface area contributed by atoms with Gasteiger partial charge in [-0.3, -0.25) is 29.0 Å². The minimum absolute atomic E-state index is 0.0667. The molecule has 3 aliphatic rings. The van der Waals surface area contributed by atoms with Crippen LogP contribution < -0.4 is 19.4 Å². The fourth-order valence-corrected chi connectivity index (χ4v) is 5.89. The second-order valence-electron chi connectivity index (χ2n) is 10.8. The molecule has 0 spiro atoms. The number of hydrogen-bond donors (Lipinski definition) is 0. The molecule has 1 aromatic heterocycles. The van der Waals surface area contributed by atoms with Crippen molar-refractivity contribution in [1.29, 1.82) is 0 Å². The third kappa shape index (κ3) is 5.87. The molecule has 15 heteroatoms. The van der Waals surface area contributed by atoms with Gasteiger partial charge in [-0.25, -0.2) is 0 Å². The standard InChI is InChI=1S/C29H31ClN8O6/c1-2-26(40)44-27-22(35-10-9-34(16-25(35)39)15-19-8-13-43-17-19)4-3-5-23(27)36-11-12-37(29(42)28(36)41)24-14-20(30)6-7-21(24)38-18-31-32-33-38/h3-7,14,18-19H,2,8-13,15-17H2,1H3/t19-/m0/s1. The van der Waals surface area contributed by atoms with Gasteiger partial charge in [-0.1, -0.05) is 24.6 Å². The Morgan fingerprint density at radius 2 is 1.70 bits per heavy atom. The van der Waals surface area contributed by atoms with Gasteiger partial charge in [0.2, 0.25) is 5.91 Å². The number of anilines is 3. The first-order valence-corrected chi connectivity index (χ1v) is 14.8. The molecule has 3 amide bonds. The van der Waals surface area contributed by atoms with Crippen LogP contribution in [0.4, 0.5) is 17.1 Å². The number of nitrogens with zero attached hydrogens (tertiary/aromatic N) is 8. The number of rotatable bonds is 8. The van der Waals surface area contributed by atoms with Gasteiger partial charge in [0, 0.05) is 50.8 Å². The lowest BCUT2D eigenvalue weighted by Crippen LogP contribution is -2.55. The quantitative estimate of drug-likeness (QED) is 0.207. The number of para-hydroxylation sites is 1. The Labute approximate surface area is 258 Å². The van der Waals surface area contributed by atoms with Crippen molar-refractivity contribution in [2.24, 2.45) is 5.92 Å². The molecule has 1 atom stereocenters. The van der Waals surface area contributed by atoms with Crippen LogP contribution in [0.2, 0.25) is 5.02 Å². The largest absolute Gasteiger partial charge is 0.422 e. The molecular formula is C29H31ClN8O6.